The third-order valence-electron chi connectivity index (χ3n) is 7.43. The maximum absolute atomic E-state index is 13.7. The van der Waals surface area contributed by atoms with Crippen LogP contribution in [0.2, 0.25) is 51.9 Å². The van der Waals surface area contributed by atoms with Crippen LogP contribution in [0.4, 0.5) is 0 Å². The highest BCUT2D eigenvalue weighted by Crippen LogP contribution is 2.62. The molecule has 2 saturated carbocycles. The van der Waals surface area contributed by atoms with Crippen molar-refractivity contribution in [3.8, 4) is 5.75 Å². The molecule has 0 radical (unpaired) electrons. The van der Waals surface area contributed by atoms with Crippen molar-refractivity contribution < 1.29 is 26.2 Å². The van der Waals surface area contributed by atoms with Crippen LogP contribution in [-0.2, 0) is 28.5 Å². The van der Waals surface area contributed by atoms with E-state index in [1.165, 1.54) is 0 Å². The Bertz CT molecular complexity index is 1050. The Morgan fingerprint density at radius 1 is 1.03 bits per heavy atom. The molecule has 3 atom stereocenters. The first-order valence-corrected chi connectivity index (χ1v) is 24.0. The predicted molar refractivity (Wildman–Crippen MR) is 162 cm³/mol. The number of ketones is 1. The first kappa shape index (κ1) is 31.6. The molecule has 38 heavy (non-hydrogen) atoms. The lowest BCUT2D eigenvalue weighted by Crippen LogP contribution is -2.52. The van der Waals surface area contributed by atoms with Crippen LogP contribution >= 0.6 is 0 Å². The van der Waals surface area contributed by atoms with Crippen LogP contribution in [0.3, 0.4) is 0 Å². The molecule has 0 amide bonds. The second-order valence-electron chi connectivity index (χ2n) is 13.2. The first-order valence-electron chi connectivity index (χ1n) is 13.6. The van der Waals surface area contributed by atoms with Gasteiger partial charge in [0.1, 0.15) is 5.75 Å². The third kappa shape index (κ3) is 7.22. The lowest BCUT2D eigenvalue weighted by molar-refractivity contribution is -0.133. The number of carbonyl (C=O) groups excluding carboxylic acids is 1. The highest BCUT2D eigenvalue weighted by Gasteiger charge is 2.69. The highest BCUT2D eigenvalue weighted by atomic mass is 32.2. The van der Waals surface area contributed by atoms with Gasteiger partial charge in [-0.2, -0.15) is 0 Å². The lowest BCUT2D eigenvalue weighted by atomic mass is 9.78. The standard InChI is InChI=1S/C27H47NO6SSi3/c1-26(2)24-16-17-27(26,25(29)23(24)20-21-12-14-22(31-3)15-13-21)32-35(30)28-18-11-19-38(10,33-36(4,5)6)34-37(7,8)9/h12-15,20,24,28H,11,16-19H2,1-10H3/b23-20+. The Labute approximate surface area is 235 Å². The van der Waals surface area contributed by atoms with Crippen molar-refractivity contribution in [3.63, 3.8) is 0 Å². The Kier molecular flexibility index (Phi) is 9.57. The van der Waals surface area contributed by atoms with E-state index in [0.717, 1.165) is 35.8 Å². The second kappa shape index (κ2) is 11.5. The van der Waals surface area contributed by atoms with Gasteiger partial charge in [0.25, 0.3) is 0 Å². The molecule has 214 valence electrons. The minimum atomic E-state index is -2.36. The van der Waals surface area contributed by atoms with Gasteiger partial charge in [0, 0.05) is 17.5 Å². The summed E-state index contributed by atoms with van der Waals surface area (Å²) in [6, 6.07) is 8.48. The number of rotatable bonds is 13. The van der Waals surface area contributed by atoms with Crippen LogP contribution in [0.15, 0.2) is 29.8 Å². The number of nitrogens with one attached hydrogen (secondary N) is 1. The van der Waals surface area contributed by atoms with Crippen molar-refractivity contribution in [1.29, 1.82) is 0 Å². The van der Waals surface area contributed by atoms with Gasteiger partial charge >= 0.3 is 8.56 Å². The van der Waals surface area contributed by atoms with E-state index in [4.69, 9.17) is 17.2 Å². The quantitative estimate of drug-likeness (QED) is 0.166. The van der Waals surface area contributed by atoms with E-state index in [0.29, 0.717) is 13.0 Å². The molecule has 11 heteroatoms. The molecule has 3 rings (SSSR count). The fraction of sp³-hybridized carbons (Fsp3) is 0.667. The summed E-state index contributed by atoms with van der Waals surface area (Å²) in [6.07, 6.45) is 4.14. The molecule has 1 aromatic carbocycles. The average molecular weight is 598 g/mol. The van der Waals surface area contributed by atoms with Gasteiger partial charge in [-0.25, -0.2) is 8.93 Å². The summed E-state index contributed by atoms with van der Waals surface area (Å²) in [6.45, 7) is 19.9. The molecule has 2 aliphatic rings. The topological polar surface area (TPSA) is 83.1 Å². The van der Waals surface area contributed by atoms with Gasteiger partial charge in [0.2, 0.25) is 11.3 Å². The molecule has 1 aromatic rings. The maximum Gasteiger partial charge on any atom is 0.314 e. The summed E-state index contributed by atoms with van der Waals surface area (Å²) in [7, 11) is -4.26. The normalized spacial score (nSPS) is 25.3. The largest absolute Gasteiger partial charge is 0.497 e. The van der Waals surface area contributed by atoms with Crippen LogP contribution < -0.4 is 9.46 Å². The highest BCUT2D eigenvalue weighted by molar-refractivity contribution is 7.78. The summed E-state index contributed by atoms with van der Waals surface area (Å²) < 4.78 is 40.6. The Balaban J connectivity index is 1.64. The second-order valence-corrected chi connectivity index (χ2v) is 27.0. The number of hydrogen-bond donors (Lipinski definition) is 1. The van der Waals surface area contributed by atoms with E-state index in [9.17, 15) is 9.00 Å². The van der Waals surface area contributed by atoms with Crippen molar-refractivity contribution in [2.45, 2.75) is 90.6 Å². The van der Waals surface area contributed by atoms with Crippen molar-refractivity contribution in [1.82, 2.24) is 4.72 Å². The maximum atomic E-state index is 13.7. The fourth-order valence-electron chi connectivity index (χ4n) is 6.03. The van der Waals surface area contributed by atoms with Crippen LogP contribution in [-0.4, -0.2) is 54.4 Å². The average Bonchev–Trinajstić information content (AvgIpc) is 3.09. The Morgan fingerprint density at radius 3 is 2.13 bits per heavy atom. The van der Waals surface area contributed by atoms with Gasteiger partial charge in [0.15, 0.2) is 28.0 Å². The fourth-order valence-corrected chi connectivity index (χ4v) is 19.6. The number of benzene rings is 1. The lowest BCUT2D eigenvalue weighted by Gasteiger charge is -2.38. The molecular weight excluding hydrogens is 551 g/mol. The zero-order valence-corrected chi connectivity index (χ0v) is 28.7. The molecule has 0 aromatic heterocycles. The minimum absolute atomic E-state index is 0.0447. The summed E-state index contributed by atoms with van der Waals surface area (Å²) >= 11 is -1.79. The van der Waals surface area contributed by atoms with Crippen LogP contribution in [0.1, 0.15) is 38.7 Å². The molecule has 0 spiro atoms. The number of fused-ring (bicyclic) bond motifs is 2. The van der Waals surface area contributed by atoms with Crippen LogP contribution in [0, 0.1) is 11.3 Å². The third-order valence-corrected chi connectivity index (χ3v) is 17.9. The number of carbonyl (C=O) groups is 1. The number of Topliss-reactive ketones (excluding diaryl/α,β-unsaturated/α-hetero) is 1. The van der Waals surface area contributed by atoms with Gasteiger partial charge < -0.3 is 13.0 Å². The molecule has 2 aliphatic carbocycles. The SMILES string of the molecule is COc1ccc(/C=C2/C(=O)C3(OS(=O)NCCC[Si](C)(O[Si](C)(C)C)O[Si](C)(C)C)CCC2C3(C)C)cc1. The zero-order chi connectivity index (χ0) is 28.6. The monoisotopic (exact) mass is 597 g/mol. The molecule has 2 fully saturated rings. The first-order chi connectivity index (χ1) is 17.4. The van der Waals surface area contributed by atoms with Gasteiger partial charge in [-0.05, 0) is 101 Å². The van der Waals surface area contributed by atoms with Crippen molar-refractivity contribution in [2.75, 3.05) is 13.7 Å². The van der Waals surface area contributed by atoms with Crippen molar-refractivity contribution in [2.24, 2.45) is 11.3 Å². The zero-order valence-electron chi connectivity index (χ0n) is 24.9. The summed E-state index contributed by atoms with van der Waals surface area (Å²) in [5, 5.41) is 0. The summed E-state index contributed by atoms with van der Waals surface area (Å²) in [4.78, 5) is 13.7. The van der Waals surface area contributed by atoms with Gasteiger partial charge in [-0.15, -0.1) is 0 Å². The van der Waals surface area contributed by atoms with Crippen LogP contribution in [0.25, 0.3) is 6.08 Å². The van der Waals surface area contributed by atoms with Crippen molar-refractivity contribution in [3.05, 3.63) is 35.4 Å². The van der Waals surface area contributed by atoms with E-state index >= 15 is 0 Å². The smallest absolute Gasteiger partial charge is 0.314 e. The molecule has 7 nitrogen and oxygen atoms in total. The van der Waals surface area contributed by atoms with E-state index in [2.05, 4.69) is 64.4 Å². The molecule has 3 unspecified atom stereocenters. The van der Waals surface area contributed by atoms with Crippen molar-refractivity contribution >= 4 is 48.3 Å². The molecule has 0 heterocycles. The van der Waals surface area contributed by atoms with Crippen LogP contribution in [0.5, 0.6) is 5.75 Å². The summed E-state index contributed by atoms with van der Waals surface area (Å²) in [5.74, 6) is 0.796. The Hall–Kier alpha value is -0.929. The summed E-state index contributed by atoms with van der Waals surface area (Å²) in [5.41, 5.74) is 0.179. The van der Waals surface area contributed by atoms with E-state index in [-0.39, 0.29) is 11.7 Å². The minimum Gasteiger partial charge on any atom is -0.497 e. The van der Waals surface area contributed by atoms with Gasteiger partial charge in [0.05, 0.1) is 7.11 Å². The molecule has 2 bridgehead atoms. The number of methoxy groups -OCH3 is 1. The Morgan fingerprint density at radius 2 is 1.61 bits per heavy atom. The van der Waals surface area contributed by atoms with Gasteiger partial charge in [-0.3, -0.25) is 8.98 Å². The molecule has 0 saturated heterocycles. The molecular formula is C27H47NO6SSi3. The van der Waals surface area contributed by atoms with E-state index < -0.39 is 47.5 Å². The molecule has 0 aliphatic heterocycles. The molecule has 1 N–H and O–H groups in total. The number of hydrogen-bond acceptors (Lipinski definition) is 6. The van der Waals surface area contributed by atoms with E-state index in [1.54, 1.807) is 7.11 Å². The predicted octanol–water partition coefficient (Wildman–Crippen LogP) is 6.19. The van der Waals surface area contributed by atoms with Gasteiger partial charge in [-0.1, -0.05) is 26.0 Å². The van der Waals surface area contributed by atoms with E-state index in [1.807, 2.05) is 30.3 Å². The number of ether oxygens (including phenoxy) is 1.